The lowest BCUT2D eigenvalue weighted by molar-refractivity contribution is -0.125. The number of piperidine rings is 1. The number of nitrogens with zero attached hydrogens (tertiary/aromatic N) is 1. The van der Waals surface area contributed by atoms with Gasteiger partial charge in [0.1, 0.15) is 0 Å². The average Bonchev–Trinajstić information content (AvgIpc) is 2.29. The molecule has 0 aliphatic carbocycles. The zero-order valence-electron chi connectivity index (χ0n) is 11.8. The van der Waals surface area contributed by atoms with Crippen LogP contribution in [0.25, 0.3) is 0 Å². The second kappa shape index (κ2) is 7.00. The highest BCUT2D eigenvalue weighted by molar-refractivity contribution is 5.78. The summed E-state index contributed by atoms with van der Waals surface area (Å²) in [6.07, 6.45) is 3.98. The molecule has 0 bridgehead atoms. The Morgan fingerprint density at radius 3 is 2.18 bits per heavy atom. The van der Waals surface area contributed by atoms with Crippen LogP contribution >= 0.6 is 0 Å². The molecule has 0 aromatic rings. The summed E-state index contributed by atoms with van der Waals surface area (Å²) in [5, 5.41) is 3.18. The summed E-state index contributed by atoms with van der Waals surface area (Å²) in [5.41, 5.74) is 0. The Balaban J connectivity index is 2.44. The van der Waals surface area contributed by atoms with Crippen molar-refractivity contribution in [2.45, 2.75) is 53.0 Å². The predicted octanol–water partition coefficient (Wildman–Crippen LogP) is 2.27. The van der Waals surface area contributed by atoms with Crippen molar-refractivity contribution < 1.29 is 4.79 Å². The highest BCUT2D eigenvalue weighted by atomic mass is 16.1. The van der Waals surface area contributed by atoms with Crippen LogP contribution in [0, 0.1) is 11.8 Å². The maximum Gasteiger partial charge on any atom is 0.222 e. The molecule has 1 amide bonds. The summed E-state index contributed by atoms with van der Waals surface area (Å²) in [6.45, 7) is 11.7. The number of hydrogen-bond acceptors (Lipinski definition) is 2. The molecular formula is C14H28N2O. The van der Waals surface area contributed by atoms with E-state index in [1.807, 2.05) is 13.8 Å². The molecule has 1 heterocycles. The minimum absolute atomic E-state index is 0.0811. The molecule has 1 atom stereocenters. The minimum Gasteiger partial charge on any atom is -0.352 e. The molecule has 0 radical (unpaired) electrons. The monoisotopic (exact) mass is 240 g/mol. The molecule has 1 aliphatic rings. The Hall–Kier alpha value is -0.570. The fourth-order valence-corrected chi connectivity index (χ4v) is 2.19. The lowest BCUT2D eigenvalue weighted by atomic mass is 10.0. The van der Waals surface area contributed by atoms with Gasteiger partial charge in [0.2, 0.25) is 5.91 Å². The number of amides is 1. The molecule has 0 aromatic carbocycles. The van der Waals surface area contributed by atoms with E-state index in [1.165, 1.54) is 32.4 Å². The fraction of sp³-hybridized carbons (Fsp3) is 0.929. The highest BCUT2D eigenvalue weighted by Gasteiger charge is 2.21. The number of likely N-dealkylation sites (tertiary alicyclic amines) is 1. The van der Waals surface area contributed by atoms with E-state index < -0.39 is 0 Å². The first-order valence-corrected chi connectivity index (χ1v) is 7.03. The maximum atomic E-state index is 11.8. The van der Waals surface area contributed by atoms with Gasteiger partial charge in [-0.05, 0) is 31.8 Å². The molecule has 0 spiro atoms. The molecule has 3 nitrogen and oxygen atoms in total. The third kappa shape index (κ3) is 5.07. The molecule has 1 aliphatic heterocycles. The standard InChI is InChI=1S/C14H28N2O/c1-11(2)13(15-14(17)12(3)4)10-16-8-6-5-7-9-16/h11-13H,5-10H2,1-4H3,(H,15,17)/t13-/m0/s1. The van der Waals surface area contributed by atoms with Gasteiger partial charge in [0.15, 0.2) is 0 Å². The molecule has 1 fully saturated rings. The highest BCUT2D eigenvalue weighted by Crippen LogP contribution is 2.12. The Bertz CT molecular complexity index is 232. The number of nitrogens with one attached hydrogen (secondary N) is 1. The minimum atomic E-state index is 0.0811. The zero-order valence-corrected chi connectivity index (χ0v) is 11.8. The molecular weight excluding hydrogens is 212 g/mol. The van der Waals surface area contributed by atoms with Crippen molar-refractivity contribution in [1.29, 1.82) is 0 Å². The third-order valence-corrected chi connectivity index (χ3v) is 3.56. The van der Waals surface area contributed by atoms with Crippen LogP contribution in [-0.2, 0) is 4.79 Å². The van der Waals surface area contributed by atoms with Gasteiger partial charge in [-0.1, -0.05) is 34.1 Å². The predicted molar refractivity (Wildman–Crippen MR) is 71.9 cm³/mol. The first-order valence-electron chi connectivity index (χ1n) is 7.03. The van der Waals surface area contributed by atoms with E-state index in [-0.39, 0.29) is 11.8 Å². The molecule has 0 saturated carbocycles. The Morgan fingerprint density at radius 2 is 1.71 bits per heavy atom. The molecule has 17 heavy (non-hydrogen) atoms. The lowest BCUT2D eigenvalue weighted by Gasteiger charge is -2.33. The summed E-state index contributed by atoms with van der Waals surface area (Å²) < 4.78 is 0. The molecule has 100 valence electrons. The van der Waals surface area contributed by atoms with E-state index >= 15 is 0 Å². The molecule has 0 aromatic heterocycles. The summed E-state index contributed by atoms with van der Waals surface area (Å²) >= 11 is 0. The van der Waals surface area contributed by atoms with E-state index in [0.29, 0.717) is 12.0 Å². The number of hydrogen-bond donors (Lipinski definition) is 1. The first-order chi connectivity index (χ1) is 8.00. The van der Waals surface area contributed by atoms with Crippen LogP contribution in [0.2, 0.25) is 0 Å². The Morgan fingerprint density at radius 1 is 1.12 bits per heavy atom. The van der Waals surface area contributed by atoms with Gasteiger partial charge in [0.05, 0.1) is 0 Å². The van der Waals surface area contributed by atoms with Gasteiger partial charge in [-0.25, -0.2) is 0 Å². The first kappa shape index (κ1) is 14.5. The molecule has 1 N–H and O–H groups in total. The maximum absolute atomic E-state index is 11.8. The zero-order chi connectivity index (χ0) is 12.8. The van der Waals surface area contributed by atoms with Gasteiger partial charge in [0, 0.05) is 18.5 Å². The van der Waals surface area contributed by atoms with E-state index in [9.17, 15) is 4.79 Å². The largest absolute Gasteiger partial charge is 0.352 e. The summed E-state index contributed by atoms with van der Waals surface area (Å²) in [5.74, 6) is 0.762. The number of carbonyl (C=O) groups excluding carboxylic acids is 1. The lowest BCUT2D eigenvalue weighted by Crippen LogP contribution is -2.48. The summed E-state index contributed by atoms with van der Waals surface area (Å²) in [6, 6.07) is 0.294. The van der Waals surface area contributed by atoms with Crippen LogP contribution in [-0.4, -0.2) is 36.5 Å². The fourth-order valence-electron chi connectivity index (χ4n) is 2.19. The van der Waals surface area contributed by atoms with Crippen molar-refractivity contribution in [1.82, 2.24) is 10.2 Å². The third-order valence-electron chi connectivity index (χ3n) is 3.56. The summed E-state index contributed by atoms with van der Waals surface area (Å²) in [4.78, 5) is 14.3. The van der Waals surface area contributed by atoms with Crippen LogP contribution in [0.1, 0.15) is 47.0 Å². The van der Waals surface area contributed by atoms with Crippen LogP contribution in [0.5, 0.6) is 0 Å². The van der Waals surface area contributed by atoms with Crippen molar-refractivity contribution in [2.75, 3.05) is 19.6 Å². The number of rotatable bonds is 5. The van der Waals surface area contributed by atoms with Crippen LogP contribution in [0.15, 0.2) is 0 Å². The summed E-state index contributed by atoms with van der Waals surface area (Å²) in [7, 11) is 0. The molecule has 0 unspecified atom stereocenters. The van der Waals surface area contributed by atoms with Crippen LogP contribution in [0.3, 0.4) is 0 Å². The van der Waals surface area contributed by atoms with Crippen molar-refractivity contribution in [2.24, 2.45) is 11.8 Å². The molecule has 3 heteroatoms. The average molecular weight is 240 g/mol. The quantitative estimate of drug-likeness (QED) is 0.799. The van der Waals surface area contributed by atoms with Gasteiger partial charge in [-0.15, -0.1) is 0 Å². The topological polar surface area (TPSA) is 32.3 Å². The second-order valence-corrected chi connectivity index (χ2v) is 5.88. The van der Waals surface area contributed by atoms with Gasteiger partial charge in [0.25, 0.3) is 0 Å². The van der Waals surface area contributed by atoms with Crippen LogP contribution < -0.4 is 5.32 Å². The van der Waals surface area contributed by atoms with Crippen molar-refractivity contribution in [3.05, 3.63) is 0 Å². The van der Waals surface area contributed by atoms with Crippen molar-refractivity contribution in [3.63, 3.8) is 0 Å². The SMILES string of the molecule is CC(C)C(=O)N[C@@H](CN1CCCCC1)C(C)C. The Kier molecular flexibility index (Phi) is 5.96. The van der Waals surface area contributed by atoms with Gasteiger partial charge in [-0.3, -0.25) is 4.79 Å². The van der Waals surface area contributed by atoms with Gasteiger partial charge >= 0.3 is 0 Å². The van der Waals surface area contributed by atoms with Crippen molar-refractivity contribution in [3.8, 4) is 0 Å². The van der Waals surface area contributed by atoms with Gasteiger partial charge < -0.3 is 10.2 Å². The van der Waals surface area contributed by atoms with Crippen molar-refractivity contribution >= 4 is 5.91 Å². The van der Waals surface area contributed by atoms with E-state index in [0.717, 1.165) is 6.54 Å². The van der Waals surface area contributed by atoms with E-state index in [4.69, 9.17) is 0 Å². The Labute approximate surface area is 106 Å². The van der Waals surface area contributed by atoms with Crippen LogP contribution in [0.4, 0.5) is 0 Å². The second-order valence-electron chi connectivity index (χ2n) is 5.88. The van der Waals surface area contributed by atoms with Gasteiger partial charge in [-0.2, -0.15) is 0 Å². The normalized spacial score (nSPS) is 19.6. The molecule has 1 saturated heterocycles. The number of carbonyl (C=O) groups is 1. The van der Waals surface area contributed by atoms with E-state index in [2.05, 4.69) is 24.1 Å². The molecule has 1 rings (SSSR count). The smallest absolute Gasteiger partial charge is 0.222 e. The van der Waals surface area contributed by atoms with E-state index in [1.54, 1.807) is 0 Å².